The molecule has 0 unspecified atom stereocenters. The normalized spacial score (nSPS) is 11.0. The van der Waals surface area contributed by atoms with Crippen LogP contribution in [0.3, 0.4) is 0 Å². The lowest BCUT2D eigenvalue weighted by Gasteiger charge is -2.06. The molecule has 2 aromatic carbocycles. The highest BCUT2D eigenvalue weighted by Crippen LogP contribution is 2.31. The minimum absolute atomic E-state index is 0.0176. The van der Waals surface area contributed by atoms with Crippen molar-refractivity contribution in [1.82, 2.24) is 0 Å². The van der Waals surface area contributed by atoms with E-state index in [0.717, 1.165) is 5.56 Å². The quantitative estimate of drug-likeness (QED) is 0.537. The zero-order valence-electron chi connectivity index (χ0n) is 13.7. The van der Waals surface area contributed by atoms with Gasteiger partial charge < -0.3 is 19.6 Å². The maximum absolute atomic E-state index is 12.0. The molecule has 0 fully saturated rings. The van der Waals surface area contributed by atoms with Crippen LogP contribution in [0.15, 0.2) is 57.8 Å². The molecule has 3 rings (SSSR count). The highest BCUT2D eigenvalue weighted by atomic mass is 35.5. The van der Waals surface area contributed by atoms with Crippen molar-refractivity contribution in [2.24, 2.45) is 0 Å². The second-order valence-electron chi connectivity index (χ2n) is 5.38. The summed E-state index contributed by atoms with van der Waals surface area (Å²) < 4.78 is 10.1. The van der Waals surface area contributed by atoms with Gasteiger partial charge in [-0.1, -0.05) is 23.7 Å². The molecule has 1 amide bonds. The Balaban J connectivity index is 1.84. The van der Waals surface area contributed by atoms with E-state index < -0.39 is 11.5 Å². The lowest BCUT2D eigenvalue weighted by Crippen LogP contribution is -2.15. The van der Waals surface area contributed by atoms with Gasteiger partial charge in [0, 0.05) is 22.6 Å². The fraction of sp³-hybridized carbons (Fsp3) is 0.0526. The molecule has 0 saturated heterocycles. The molecule has 2 N–H and O–H groups in total. The first-order valence-electron chi connectivity index (χ1n) is 7.56. The van der Waals surface area contributed by atoms with Gasteiger partial charge in [-0.15, -0.1) is 0 Å². The molecule has 3 aromatic rings. The van der Waals surface area contributed by atoms with Crippen molar-refractivity contribution in [2.45, 2.75) is 0 Å². The van der Waals surface area contributed by atoms with Gasteiger partial charge in [0.05, 0.1) is 7.11 Å². The number of aromatic hydroxyl groups is 1. The van der Waals surface area contributed by atoms with E-state index in [1.807, 2.05) is 0 Å². The fourth-order valence-electron chi connectivity index (χ4n) is 2.31. The van der Waals surface area contributed by atoms with Gasteiger partial charge in [-0.3, -0.25) is 4.79 Å². The van der Waals surface area contributed by atoms with Gasteiger partial charge in [0.25, 0.3) is 0 Å². The fourth-order valence-corrected chi connectivity index (χ4v) is 2.43. The number of hydrogen-bond acceptors (Lipinski definition) is 5. The molecule has 26 heavy (non-hydrogen) atoms. The van der Waals surface area contributed by atoms with Gasteiger partial charge in [-0.05, 0) is 35.9 Å². The number of carbonyl (C=O) groups excluding carboxylic acids is 1. The molecule has 0 aliphatic heterocycles. The summed E-state index contributed by atoms with van der Waals surface area (Å²) in [5, 5.41) is 13.3. The molecule has 0 aliphatic carbocycles. The topological polar surface area (TPSA) is 88.8 Å². The molecule has 1 aromatic heterocycles. The molecule has 0 atom stereocenters. The lowest BCUT2D eigenvalue weighted by atomic mass is 10.2. The number of anilines is 1. The van der Waals surface area contributed by atoms with Crippen molar-refractivity contribution in [3.63, 3.8) is 0 Å². The first-order valence-corrected chi connectivity index (χ1v) is 7.93. The summed E-state index contributed by atoms with van der Waals surface area (Å²) in [6, 6.07) is 11.2. The molecule has 0 radical (unpaired) electrons. The molecule has 0 bridgehead atoms. The van der Waals surface area contributed by atoms with Crippen molar-refractivity contribution in [2.75, 3.05) is 12.4 Å². The Kier molecular flexibility index (Phi) is 4.95. The van der Waals surface area contributed by atoms with Crippen LogP contribution in [0.1, 0.15) is 5.56 Å². The van der Waals surface area contributed by atoms with Crippen LogP contribution in [0.25, 0.3) is 17.0 Å². The van der Waals surface area contributed by atoms with Gasteiger partial charge in [0.2, 0.25) is 5.91 Å². The average molecular weight is 372 g/mol. The van der Waals surface area contributed by atoms with E-state index >= 15 is 0 Å². The van der Waals surface area contributed by atoms with Crippen LogP contribution >= 0.6 is 11.6 Å². The highest BCUT2D eigenvalue weighted by molar-refractivity contribution is 6.30. The van der Waals surface area contributed by atoms with Crippen molar-refractivity contribution < 1.29 is 19.1 Å². The number of ether oxygens (including phenoxy) is 1. The summed E-state index contributed by atoms with van der Waals surface area (Å²) in [6.07, 6.45) is 2.89. The van der Waals surface area contributed by atoms with Crippen LogP contribution < -0.4 is 15.7 Å². The van der Waals surface area contributed by atoms with Crippen molar-refractivity contribution in [3.8, 4) is 11.5 Å². The van der Waals surface area contributed by atoms with E-state index in [1.165, 1.54) is 31.4 Å². The second-order valence-corrected chi connectivity index (χ2v) is 5.82. The van der Waals surface area contributed by atoms with Gasteiger partial charge in [0.15, 0.2) is 11.5 Å². The van der Waals surface area contributed by atoms with Crippen molar-refractivity contribution in [1.29, 1.82) is 0 Å². The number of nitrogens with one attached hydrogen (secondary N) is 1. The Labute approximate surface area is 153 Å². The molecule has 6 nitrogen and oxygen atoms in total. The number of carbonyl (C=O) groups is 1. The first kappa shape index (κ1) is 17.6. The molecular weight excluding hydrogens is 358 g/mol. The summed E-state index contributed by atoms with van der Waals surface area (Å²) in [5.41, 5.74) is 0.227. The van der Waals surface area contributed by atoms with E-state index in [0.29, 0.717) is 10.4 Å². The van der Waals surface area contributed by atoms with Gasteiger partial charge in [-0.2, -0.15) is 0 Å². The van der Waals surface area contributed by atoms with Gasteiger partial charge >= 0.3 is 5.63 Å². The van der Waals surface area contributed by atoms with Gasteiger partial charge in [-0.25, -0.2) is 4.79 Å². The number of halogens is 1. The monoisotopic (exact) mass is 371 g/mol. The summed E-state index contributed by atoms with van der Waals surface area (Å²) >= 11 is 5.81. The number of phenols is 1. The zero-order chi connectivity index (χ0) is 18.7. The molecule has 7 heteroatoms. The Hall–Kier alpha value is -3.25. The third-order valence-electron chi connectivity index (χ3n) is 3.59. The Morgan fingerprint density at radius 2 is 1.96 bits per heavy atom. The van der Waals surface area contributed by atoms with Crippen LogP contribution in [0.2, 0.25) is 5.02 Å². The molecule has 0 aliphatic rings. The number of benzene rings is 2. The summed E-state index contributed by atoms with van der Waals surface area (Å²) in [6.45, 7) is 0. The minimum atomic E-state index is -0.727. The highest BCUT2D eigenvalue weighted by Gasteiger charge is 2.11. The third-order valence-corrected chi connectivity index (χ3v) is 3.84. The summed E-state index contributed by atoms with van der Waals surface area (Å²) in [5.74, 6) is -0.408. The summed E-state index contributed by atoms with van der Waals surface area (Å²) in [7, 11) is 1.41. The van der Waals surface area contributed by atoms with E-state index in [1.54, 1.807) is 30.3 Å². The van der Waals surface area contributed by atoms with Crippen LogP contribution in [-0.2, 0) is 4.79 Å². The number of amides is 1. The number of fused-ring (bicyclic) bond motifs is 1. The van der Waals surface area contributed by atoms with Crippen LogP contribution in [-0.4, -0.2) is 18.1 Å². The van der Waals surface area contributed by atoms with E-state index in [2.05, 4.69) is 5.32 Å². The lowest BCUT2D eigenvalue weighted by molar-refractivity contribution is -0.111. The van der Waals surface area contributed by atoms with E-state index in [4.69, 9.17) is 20.8 Å². The number of hydrogen-bond donors (Lipinski definition) is 2. The number of methoxy groups -OCH3 is 1. The first-order chi connectivity index (χ1) is 12.5. The van der Waals surface area contributed by atoms with E-state index in [9.17, 15) is 14.7 Å². The number of phenolic OH excluding ortho intramolecular Hbond substituents is 1. The minimum Gasteiger partial charge on any atom is -0.504 e. The standard InChI is InChI=1S/C19H14ClNO5/c1-25-17-9-12-8-14(19(24)26-16(12)10-15(17)22)21-18(23)7-4-11-2-5-13(20)6-3-11/h2-10,22H,1H3,(H,21,23). The van der Waals surface area contributed by atoms with Crippen LogP contribution in [0, 0.1) is 0 Å². The Bertz CT molecular complexity index is 1050. The van der Waals surface area contributed by atoms with Crippen molar-refractivity contribution >= 4 is 40.2 Å². The smallest absolute Gasteiger partial charge is 0.360 e. The number of rotatable bonds is 4. The summed E-state index contributed by atoms with van der Waals surface area (Å²) in [4.78, 5) is 24.1. The maximum atomic E-state index is 12.0. The Morgan fingerprint density at radius 3 is 2.65 bits per heavy atom. The average Bonchev–Trinajstić information content (AvgIpc) is 2.62. The molecule has 1 heterocycles. The SMILES string of the molecule is COc1cc2cc(NC(=O)C=Cc3ccc(Cl)cc3)c(=O)oc2cc1O. The largest absolute Gasteiger partial charge is 0.504 e. The third kappa shape index (κ3) is 3.87. The zero-order valence-corrected chi connectivity index (χ0v) is 14.4. The second kappa shape index (κ2) is 7.33. The van der Waals surface area contributed by atoms with Crippen molar-refractivity contribution in [3.05, 3.63) is 69.5 Å². The van der Waals surface area contributed by atoms with E-state index in [-0.39, 0.29) is 22.8 Å². The molecule has 132 valence electrons. The Morgan fingerprint density at radius 1 is 1.23 bits per heavy atom. The molecule has 0 saturated carbocycles. The maximum Gasteiger partial charge on any atom is 0.360 e. The predicted molar refractivity (Wildman–Crippen MR) is 99.8 cm³/mol. The predicted octanol–water partition coefficient (Wildman–Crippen LogP) is 3.81. The van der Waals surface area contributed by atoms with Gasteiger partial charge in [0.1, 0.15) is 11.3 Å². The van der Waals surface area contributed by atoms with Crippen LogP contribution in [0.5, 0.6) is 11.5 Å². The molecular formula is C19H14ClNO5. The molecule has 0 spiro atoms. The van der Waals surface area contributed by atoms with Crippen LogP contribution in [0.4, 0.5) is 5.69 Å².